The zero-order valence-electron chi connectivity index (χ0n) is 10.2. The van der Waals surface area contributed by atoms with Gasteiger partial charge in [0, 0.05) is 20.1 Å². The lowest BCUT2D eigenvalue weighted by Crippen LogP contribution is -2.33. The summed E-state index contributed by atoms with van der Waals surface area (Å²) in [5, 5.41) is 10.2. The molecule has 1 aromatic heterocycles. The number of nitrogens with one attached hydrogen (secondary N) is 2. The number of likely N-dealkylation sites (N-methyl/N-ethyl adjacent to an activating group) is 1. The largest absolute Gasteiger partial charge is 0.355 e. The highest BCUT2D eigenvalue weighted by Crippen LogP contribution is 2.02. The maximum absolute atomic E-state index is 11.2. The van der Waals surface area contributed by atoms with Gasteiger partial charge in [0.05, 0.1) is 17.9 Å². The Labute approximate surface area is 96.2 Å². The molecule has 90 valence electrons. The SMILES string of the molecule is CCNC(=O)CNCc1cc(CC)nn1C. The van der Waals surface area contributed by atoms with Gasteiger partial charge in [0.2, 0.25) is 5.91 Å². The van der Waals surface area contributed by atoms with E-state index in [1.807, 2.05) is 18.7 Å². The summed E-state index contributed by atoms with van der Waals surface area (Å²) < 4.78 is 1.85. The third-order valence-corrected chi connectivity index (χ3v) is 2.36. The molecule has 0 saturated carbocycles. The van der Waals surface area contributed by atoms with Crippen LogP contribution in [0.5, 0.6) is 0 Å². The van der Waals surface area contributed by atoms with E-state index >= 15 is 0 Å². The molecule has 0 bridgehead atoms. The van der Waals surface area contributed by atoms with Crippen LogP contribution in [-0.2, 0) is 24.8 Å². The zero-order chi connectivity index (χ0) is 12.0. The van der Waals surface area contributed by atoms with Gasteiger partial charge in [0.15, 0.2) is 0 Å². The number of rotatable bonds is 6. The molecule has 0 aliphatic carbocycles. The van der Waals surface area contributed by atoms with Crippen LogP contribution in [0.3, 0.4) is 0 Å². The molecule has 16 heavy (non-hydrogen) atoms. The first kappa shape index (κ1) is 12.7. The molecular weight excluding hydrogens is 204 g/mol. The minimum absolute atomic E-state index is 0.0281. The number of nitrogens with zero attached hydrogens (tertiary/aromatic N) is 2. The van der Waals surface area contributed by atoms with Crippen LogP contribution in [0.2, 0.25) is 0 Å². The van der Waals surface area contributed by atoms with E-state index in [0.29, 0.717) is 19.6 Å². The monoisotopic (exact) mass is 224 g/mol. The Morgan fingerprint density at radius 3 is 2.81 bits per heavy atom. The van der Waals surface area contributed by atoms with Crippen molar-refractivity contribution in [3.05, 3.63) is 17.5 Å². The van der Waals surface area contributed by atoms with Crippen molar-refractivity contribution in [1.29, 1.82) is 0 Å². The molecule has 2 N–H and O–H groups in total. The molecular formula is C11H20N4O. The van der Waals surface area contributed by atoms with Gasteiger partial charge in [-0.1, -0.05) is 6.92 Å². The lowest BCUT2D eigenvalue weighted by Gasteiger charge is -2.04. The third-order valence-electron chi connectivity index (χ3n) is 2.36. The van der Waals surface area contributed by atoms with Crippen LogP contribution in [0.25, 0.3) is 0 Å². The minimum atomic E-state index is 0.0281. The Bertz CT molecular complexity index is 346. The Balaban J connectivity index is 2.36. The van der Waals surface area contributed by atoms with Crippen molar-refractivity contribution < 1.29 is 4.79 Å². The predicted molar refractivity (Wildman–Crippen MR) is 63.0 cm³/mol. The summed E-state index contributed by atoms with van der Waals surface area (Å²) in [4.78, 5) is 11.2. The van der Waals surface area contributed by atoms with Gasteiger partial charge in [0.25, 0.3) is 0 Å². The first-order chi connectivity index (χ1) is 7.67. The summed E-state index contributed by atoms with van der Waals surface area (Å²) in [6, 6.07) is 2.06. The summed E-state index contributed by atoms with van der Waals surface area (Å²) in [7, 11) is 1.92. The average molecular weight is 224 g/mol. The van der Waals surface area contributed by atoms with E-state index in [9.17, 15) is 4.79 Å². The molecule has 0 spiro atoms. The molecule has 5 heteroatoms. The Morgan fingerprint density at radius 2 is 2.25 bits per heavy atom. The van der Waals surface area contributed by atoms with Crippen molar-refractivity contribution in [1.82, 2.24) is 20.4 Å². The van der Waals surface area contributed by atoms with Gasteiger partial charge < -0.3 is 10.6 Å². The van der Waals surface area contributed by atoms with Crippen molar-refractivity contribution in [2.24, 2.45) is 7.05 Å². The second-order valence-electron chi connectivity index (χ2n) is 3.66. The van der Waals surface area contributed by atoms with Crippen LogP contribution in [0.15, 0.2) is 6.07 Å². The average Bonchev–Trinajstić information content (AvgIpc) is 2.60. The van der Waals surface area contributed by atoms with Crippen LogP contribution in [0, 0.1) is 0 Å². The van der Waals surface area contributed by atoms with Gasteiger partial charge >= 0.3 is 0 Å². The molecule has 0 saturated heterocycles. The van der Waals surface area contributed by atoms with Gasteiger partial charge in [-0.15, -0.1) is 0 Å². The van der Waals surface area contributed by atoms with E-state index in [4.69, 9.17) is 0 Å². The van der Waals surface area contributed by atoms with Crippen molar-refractivity contribution in [2.45, 2.75) is 26.8 Å². The smallest absolute Gasteiger partial charge is 0.233 e. The van der Waals surface area contributed by atoms with Gasteiger partial charge in [0.1, 0.15) is 0 Å². The number of aromatic nitrogens is 2. The van der Waals surface area contributed by atoms with E-state index in [1.165, 1.54) is 0 Å². The van der Waals surface area contributed by atoms with Crippen LogP contribution in [-0.4, -0.2) is 28.8 Å². The predicted octanol–water partition coefficient (Wildman–Crippen LogP) is 0.208. The van der Waals surface area contributed by atoms with Crippen molar-refractivity contribution in [2.75, 3.05) is 13.1 Å². The second-order valence-corrected chi connectivity index (χ2v) is 3.66. The summed E-state index contributed by atoms with van der Waals surface area (Å²) in [5.41, 5.74) is 2.18. The molecule has 1 rings (SSSR count). The molecule has 1 aromatic rings. The van der Waals surface area contributed by atoms with Crippen LogP contribution >= 0.6 is 0 Å². The highest BCUT2D eigenvalue weighted by atomic mass is 16.1. The molecule has 0 aromatic carbocycles. The fourth-order valence-electron chi connectivity index (χ4n) is 1.47. The molecule has 0 aliphatic rings. The molecule has 0 radical (unpaired) electrons. The second kappa shape index (κ2) is 6.27. The lowest BCUT2D eigenvalue weighted by molar-refractivity contribution is -0.120. The quantitative estimate of drug-likeness (QED) is 0.726. The molecule has 0 aliphatic heterocycles. The Morgan fingerprint density at radius 1 is 1.50 bits per heavy atom. The first-order valence-electron chi connectivity index (χ1n) is 5.66. The summed E-state index contributed by atoms with van der Waals surface area (Å²) in [5.74, 6) is 0.0281. The normalized spacial score (nSPS) is 10.4. The maximum atomic E-state index is 11.2. The number of hydrogen-bond donors (Lipinski definition) is 2. The Hall–Kier alpha value is -1.36. The molecule has 1 heterocycles. The molecule has 0 fully saturated rings. The number of aryl methyl sites for hydroxylation is 2. The van der Waals surface area contributed by atoms with Crippen LogP contribution in [0.1, 0.15) is 25.2 Å². The number of carbonyl (C=O) groups excluding carboxylic acids is 1. The molecule has 1 amide bonds. The fourth-order valence-corrected chi connectivity index (χ4v) is 1.47. The van der Waals surface area contributed by atoms with E-state index in [2.05, 4.69) is 28.7 Å². The van der Waals surface area contributed by atoms with E-state index in [-0.39, 0.29) is 5.91 Å². The van der Waals surface area contributed by atoms with Crippen molar-refractivity contribution in [3.63, 3.8) is 0 Å². The zero-order valence-corrected chi connectivity index (χ0v) is 10.2. The fraction of sp³-hybridized carbons (Fsp3) is 0.636. The first-order valence-corrected chi connectivity index (χ1v) is 5.66. The third kappa shape index (κ3) is 3.66. The standard InChI is InChI=1S/C11H20N4O/c1-4-9-6-10(15(3)14-9)7-12-8-11(16)13-5-2/h6,12H,4-5,7-8H2,1-3H3,(H,13,16). The minimum Gasteiger partial charge on any atom is -0.355 e. The highest BCUT2D eigenvalue weighted by Gasteiger charge is 2.04. The topological polar surface area (TPSA) is 59.0 Å². The van der Waals surface area contributed by atoms with Gasteiger partial charge in [-0.3, -0.25) is 9.48 Å². The van der Waals surface area contributed by atoms with E-state index in [1.54, 1.807) is 0 Å². The number of amides is 1. The number of hydrogen-bond acceptors (Lipinski definition) is 3. The summed E-state index contributed by atoms with van der Waals surface area (Å²) >= 11 is 0. The van der Waals surface area contributed by atoms with Gasteiger partial charge in [-0.25, -0.2) is 0 Å². The molecule has 0 unspecified atom stereocenters. The molecule has 5 nitrogen and oxygen atoms in total. The molecule has 0 atom stereocenters. The van der Waals surface area contributed by atoms with Crippen molar-refractivity contribution >= 4 is 5.91 Å². The van der Waals surface area contributed by atoms with Crippen molar-refractivity contribution in [3.8, 4) is 0 Å². The maximum Gasteiger partial charge on any atom is 0.233 e. The Kier molecular flexibility index (Phi) is 4.98. The lowest BCUT2D eigenvalue weighted by atomic mass is 10.3. The summed E-state index contributed by atoms with van der Waals surface area (Å²) in [6.07, 6.45) is 0.935. The number of carbonyl (C=O) groups is 1. The van der Waals surface area contributed by atoms with Gasteiger partial charge in [-0.05, 0) is 19.4 Å². The van der Waals surface area contributed by atoms with Crippen LogP contribution in [0.4, 0.5) is 0 Å². The van der Waals surface area contributed by atoms with E-state index < -0.39 is 0 Å². The highest BCUT2D eigenvalue weighted by molar-refractivity contribution is 5.77. The van der Waals surface area contributed by atoms with Crippen LogP contribution < -0.4 is 10.6 Å². The summed E-state index contributed by atoms with van der Waals surface area (Å²) in [6.45, 7) is 5.67. The van der Waals surface area contributed by atoms with Gasteiger partial charge in [-0.2, -0.15) is 5.10 Å². The van der Waals surface area contributed by atoms with E-state index in [0.717, 1.165) is 17.8 Å².